The lowest BCUT2D eigenvalue weighted by Crippen LogP contribution is -2.50. The van der Waals surface area contributed by atoms with E-state index in [2.05, 4.69) is 74.6 Å². The number of carboxylic acids is 1. The van der Waals surface area contributed by atoms with E-state index in [1.54, 1.807) is 0 Å². The quantitative estimate of drug-likeness (QED) is 0.0282. The number of carboxylic acid groups (broad SMARTS) is 1. The Hall–Kier alpha value is -2.97. The third-order valence-corrected chi connectivity index (χ3v) is 10.6. The van der Waals surface area contributed by atoms with Crippen molar-refractivity contribution >= 4 is 17.9 Å². The van der Waals surface area contributed by atoms with E-state index < -0.39 is 18.1 Å². The van der Waals surface area contributed by atoms with Gasteiger partial charge in [-0.15, -0.1) is 0 Å². The van der Waals surface area contributed by atoms with Crippen LogP contribution in [0.2, 0.25) is 0 Å². The summed E-state index contributed by atoms with van der Waals surface area (Å²) in [4.78, 5) is 37.1. The molecule has 0 aliphatic rings. The van der Waals surface area contributed by atoms with Gasteiger partial charge in [0.05, 0.1) is 34.4 Å². The van der Waals surface area contributed by atoms with Crippen LogP contribution < -0.4 is 0 Å². The average molecular weight is 843 g/mol. The first-order chi connectivity index (χ1) is 29.1. The lowest BCUT2D eigenvalue weighted by atomic mass is 10.1. The van der Waals surface area contributed by atoms with E-state index in [4.69, 9.17) is 14.2 Å². The molecular formula is C52H92NO7+. The van der Waals surface area contributed by atoms with Crippen LogP contribution in [-0.2, 0) is 28.6 Å². The van der Waals surface area contributed by atoms with Crippen LogP contribution in [0, 0.1) is 0 Å². The summed E-state index contributed by atoms with van der Waals surface area (Å²) in [5, 5.41) is 9.64. The Bertz CT molecular complexity index is 1170. The predicted octanol–water partition coefficient (Wildman–Crippen LogP) is 13.8. The topological polar surface area (TPSA) is 99.1 Å². The molecule has 60 heavy (non-hydrogen) atoms. The molecule has 0 aliphatic heterocycles. The third kappa shape index (κ3) is 40.4. The normalized spacial score (nSPS) is 13.4. The fraction of sp³-hybridized carbons (Fsp3) is 0.750. The predicted molar refractivity (Wildman–Crippen MR) is 252 cm³/mol. The van der Waals surface area contributed by atoms with Crippen molar-refractivity contribution in [3.63, 3.8) is 0 Å². The Labute approximate surface area is 368 Å². The van der Waals surface area contributed by atoms with Gasteiger partial charge in [0, 0.05) is 19.3 Å². The number of unbranched alkanes of at least 4 members (excludes halogenated alkanes) is 19. The minimum Gasteiger partial charge on any atom is -0.477 e. The van der Waals surface area contributed by atoms with Crippen LogP contribution in [-0.4, -0.2) is 80.6 Å². The summed E-state index contributed by atoms with van der Waals surface area (Å²) in [6.07, 6.45) is 52.6. The average Bonchev–Trinajstić information content (AvgIpc) is 3.21. The van der Waals surface area contributed by atoms with Crippen molar-refractivity contribution in [2.75, 3.05) is 41.0 Å². The highest BCUT2D eigenvalue weighted by molar-refractivity contribution is 5.72. The zero-order valence-corrected chi connectivity index (χ0v) is 39.4. The van der Waals surface area contributed by atoms with E-state index in [1.807, 2.05) is 21.1 Å². The SMILES string of the molecule is CCCCC/C=C/C/C=C/C/C=C/C/C=C/CCCCCCCC(=O)OCC(COCCC(C(=O)O)[N+](C)(C)C)OC(=O)CCCCCCCCC/C=C/CCCCCC. The Morgan fingerprint density at radius 3 is 1.35 bits per heavy atom. The fourth-order valence-electron chi connectivity index (χ4n) is 6.83. The van der Waals surface area contributed by atoms with Gasteiger partial charge in [0.2, 0.25) is 0 Å². The molecule has 8 nitrogen and oxygen atoms in total. The standard InChI is InChI=1S/C52H91NO7/c1-6-8-10-12-14-16-18-20-22-23-24-25-26-27-29-30-32-34-36-38-40-42-50(54)59-47-48(46-58-45-44-49(52(56)57)53(3,4)5)60-51(55)43-41-39-37-35-33-31-28-21-19-17-15-13-11-9-7-2/h14,16-17,19-20,22,24-25,27,29,48-49H,6-13,15,18,21,23,26,28,30-47H2,1-5H3/p+1/b16-14+,19-17+,22-20+,25-24+,29-27+. The zero-order valence-electron chi connectivity index (χ0n) is 39.4. The van der Waals surface area contributed by atoms with Crippen LogP contribution in [0.15, 0.2) is 60.8 Å². The summed E-state index contributed by atoms with van der Waals surface area (Å²) in [6.45, 7) is 4.67. The molecule has 0 aliphatic carbocycles. The molecule has 0 heterocycles. The van der Waals surface area contributed by atoms with Crippen molar-refractivity contribution in [2.45, 2.75) is 212 Å². The van der Waals surface area contributed by atoms with E-state index in [-0.39, 0.29) is 36.2 Å². The summed E-state index contributed by atoms with van der Waals surface area (Å²) in [6, 6.07) is -0.620. The molecule has 0 bridgehead atoms. The summed E-state index contributed by atoms with van der Waals surface area (Å²) in [5.41, 5.74) is 0. The van der Waals surface area contributed by atoms with Gasteiger partial charge in [-0.1, -0.05) is 158 Å². The molecule has 0 saturated heterocycles. The lowest BCUT2D eigenvalue weighted by molar-refractivity contribution is -0.887. The molecule has 2 atom stereocenters. The van der Waals surface area contributed by atoms with Crippen molar-refractivity contribution in [2.24, 2.45) is 0 Å². The van der Waals surface area contributed by atoms with Crippen LogP contribution in [0.4, 0.5) is 0 Å². The largest absolute Gasteiger partial charge is 0.477 e. The molecule has 0 spiro atoms. The van der Waals surface area contributed by atoms with E-state index in [0.29, 0.717) is 19.3 Å². The van der Waals surface area contributed by atoms with E-state index in [9.17, 15) is 19.5 Å². The minimum absolute atomic E-state index is 0.0516. The van der Waals surface area contributed by atoms with Gasteiger partial charge in [-0.3, -0.25) is 9.59 Å². The van der Waals surface area contributed by atoms with Crippen molar-refractivity contribution in [3.8, 4) is 0 Å². The molecule has 0 aromatic carbocycles. The van der Waals surface area contributed by atoms with Gasteiger partial charge in [0.15, 0.2) is 12.1 Å². The number of hydrogen-bond donors (Lipinski definition) is 1. The highest BCUT2D eigenvalue weighted by Gasteiger charge is 2.31. The molecule has 0 rings (SSSR count). The summed E-state index contributed by atoms with van der Waals surface area (Å²) >= 11 is 0. The summed E-state index contributed by atoms with van der Waals surface area (Å²) < 4.78 is 17.3. The van der Waals surface area contributed by atoms with Crippen molar-refractivity contribution in [3.05, 3.63) is 60.8 Å². The van der Waals surface area contributed by atoms with E-state index >= 15 is 0 Å². The van der Waals surface area contributed by atoms with Crippen molar-refractivity contribution in [1.29, 1.82) is 0 Å². The van der Waals surface area contributed by atoms with Crippen LogP contribution in [0.5, 0.6) is 0 Å². The van der Waals surface area contributed by atoms with Gasteiger partial charge < -0.3 is 23.8 Å². The number of hydrogen-bond acceptors (Lipinski definition) is 6. The highest BCUT2D eigenvalue weighted by Crippen LogP contribution is 2.14. The maximum Gasteiger partial charge on any atom is 0.362 e. The number of aliphatic carboxylic acids is 1. The smallest absolute Gasteiger partial charge is 0.362 e. The number of likely N-dealkylation sites (N-methyl/N-ethyl adjacent to an activating group) is 1. The number of carbonyl (C=O) groups excluding carboxylic acids is 2. The first kappa shape index (κ1) is 57.0. The maximum atomic E-state index is 12.8. The number of quaternary nitrogens is 1. The molecule has 8 heteroatoms. The second-order valence-corrected chi connectivity index (χ2v) is 17.4. The van der Waals surface area contributed by atoms with Crippen LogP contribution >= 0.6 is 0 Å². The van der Waals surface area contributed by atoms with Gasteiger partial charge in [-0.05, 0) is 83.5 Å². The molecule has 0 aromatic heterocycles. The molecule has 0 saturated carbocycles. The van der Waals surface area contributed by atoms with Crippen molar-refractivity contribution in [1.82, 2.24) is 0 Å². The lowest BCUT2D eigenvalue weighted by Gasteiger charge is -2.31. The molecule has 0 aromatic rings. The van der Waals surface area contributed by atoms with Gasteiger partial charge in [-0.25, -0.2) is 4.79 Å². The molecule has 346 valence electrons. The number of nitrogens with zero attached hydrogens (tertiary/aromatic N) is 1. The van der Waals surface area contributed by atoms with E-state index in [0.717, 1.165) is 77.0 Å². The maximum absolute atomic E-state index is 12.8. The number of esters is 2. The minimum atomic E-state index is -0.879. The fourth-order valence-corrected chi connectivity index (χ4v) is 6.83. The third-order valence-electron chi connectivity index (χ3n) is 10.6. The van der Waals surface area contributed by atoms with Gasteiger partial charge >= 0.3 is 17.9 Å². The molecule has 0 fully saturated rings. The van der Waals surface area contributed by atoms with Gasteiger partial charge in [0.25, 0.3) is 0 Å². The highest BCUT2D eigenvalue weighted by atomic mass is 16.6. The number of allylic oxidation sites excluding steroid dienone is 10. The molecule has 1 N–H and O–H groups in total. The number of ether oxygens (including phenoxy) is 3. The molecule has 2 unspecified atom stereocenters. The first-order valence-corrected chi connectivity index (χ1v) is 24.3. The van der Waals surface area contributed by atoms with Crippen LogP contribution in [0.25, 0.3) is 0 Å². The molecule has 0 amide bonds. The van der Waals surface area contributed by atoms with Crippen LogP contribution in [0.3, 0.4) is 0 Å². The Morgan fingerprint density at radius 2 is 0.883 bits per heavy atom. The molecular weight excluding hydrogens is 751 g/mol. The molecule has 0 radical (unpaired) electrons. The summed E-state index contributed by atoms with van der Waals surface area (Å²) in [7, 11) is 5.52. The Kier molecular flexibility index (Phi) is 40.6. The van der Waals surface area contributed by atoms with Crippen molar-refractivity contribution < 1.29 is 38.2 Å². The Morgan fingerprint density at radius 1 is 0.500 bits per heavy atom. The second kappa shape index (κ2) is 42.7. The van der Waals surface area contributed by atoms with Crippen LogP contribution in [0.1, 0.15) is 200 Å². The second-order valence-electron chi connectivity index (χ2n) is 17.4. The number of rotatable bonds is 43. The van der Waals surface area contributed by atoms with E-state index in [1.165, 1.54) is 89.9 Å². The van der Waals surface area contributed by atoms with Gasteiger partial charge in [-0.2, -0.15) is 0 Å². The number of carbonyl (C=O) groups is 3. The van der Waals surface area contributed by atoms with Gasteiger partial charge in [0.1, 0.15) is 6.61 Å². The first-order valence-electron chi connectivity index (χ1n) is 24.3. The monoisotopic (exact) mass is 843 g/mol. The zero-order chi connectivity index (χ0) is 44.2. The summed E-state index contributed by atoms with van der Waals surface area (Å²) in [5.74, 6) is -1.50. The Balaban J connectivity index is 4.33.